The molecule has 5 heteroatoms. The molecule has 0 aliphatic carbocycles. The molecule has 2 aromatic rings. The highest BCUT2D eigenvalue weighted by Gasteiger charge is 2.32. The van der Waals surface area contributed by atoms with Crippen molar-refractivity contribution in [1.29, 1.82) is 5.26 Å². The van der Waals surface area contributed by atoms with E-state index in [-0.39, 0.29) is 11.8 Å². The van der Waals surface area contributed by atoms with Gasteiger partial charge in [0.15, 0.2) is 0 Å². The molecular weight excluding hydrogens is 292 g/mol. The van der Waals surface area contributed by atoms with Gasteiger partial charge in [0.1, 0.15) is 28.9 Å². The fourth-order valence-electron chi connectivity index (χ4n) is 2.79. The maximum Gasteiger partial charge on any atom is 0.205 e. The van der Waals surface area contributed by atoms with Gasteiger partial charge in [-0.25, -0.2) is 0 Å². The van der Waals surface area contributed by atoms with Crippen molar-refractivity contribution in [3.05, 3.63) is 65.0 Å². The first-order chi connectivity index (χ1) is 11.2. The van der Waals surface area contributed by atoms with Gasteiger partial charge in [-0.05, 0) is 24.3 Å². The Labute approximate surface area is 134 Å². The van der Waals surface area contributed by atoms with Crippen molar-refractivity contribution in [3.8, 4) is 23.3 Å². The highest BCUT2D eigenvalue weighted by atomic mass is 16.5. The monoisotopic (exact) mass is 308 g/mol. The molecule has 0 amide bonds. The molecule has 5 nitrogen and oxygen atoms in total. The van der Waals surface area contributed by atoms with E-state index >= 15 is 0 Å². The minimum Gasteiger partial charge on any atom is -0.497 e. The lowest BCUT2D eigenvalue weighted by molar-refractivity contribution is 0.383. The van der Waals surface area contributed by atoms with E-state index in [9.17, 15) is 5.26 Å². The summed E-state index contributed by atoms with van der Waals surface area (Å²) in [5.74, 6) is 1.73. The number of nitrogens with two attached hydrogens (primary N) is 1. The summed E-state index contributed by atoms with van der Waals surface area (Å²) in [6, 6.07) is 15.2. The van der Waals surface area contributed by atoms with Crippen molar-refractivity contribution in [2.45, 2.75) is 5.92 Å². The highest BCUT2D eigenvalue weighted by molar-refractivity contribution is 5.59. The van der Waals surface area contributed by atoms with E-state index < -0.39 is 0 Å². The standard InChI is InChI=1S/C18H16N2O3/c1-21-11-7-8-15(22-2)13(9-11)17-12-5-3-4-6-16(12)23-18(20)14(17)10-19/h3-9,17H,20H2,1-2H3/t17-/m0/s1. The first kappa shape index (κ1) is 14.8. The highest BCUT2D eigenvalue weighted by Crippen LogP contribution is 2.45. The summed E-state index contributed by atoms with van der Waals surface area (Å²) in [5, 5.41) is 9.57. The molecule has 1 aliphatic rings. The zero-order chi connectivity index (χ0) is 16.4. The van der Waals surface area contributed by atoms with E-state index in [2.05, 4.69) is 6.07 Å². The van der Waals surface area contributed by atoms with Crippen molar-refractivity contribution in [1.82, 2.24) is 0 Å². The molecule has 23 heavy (non-hydrogen) atoms. The van der Waals surface area contributed by atoms with Crippen LogP contribution < -0.4 is 19.9 Å². The van der Waals surface area contributed by atoms with Gasteiger partial charge in [-0.2, -0.15) is 5.26 Å². The number of ether oxygens (including phenoxy) is 3. The van der Waals surface area contributed by atoms with Crippen molar-refractivity contribution in [3.63, 3.8) is 0 Å². The molecule has 2 aromatic carbocycles. The molecule has 0 bridgehead atoms. The summed E-state index contributed by atoms with van der Waals surface area (Å²) in [6.45, 7) is 0. The first-order valence-electron chi connectivity index (χ1n) is 7.08. The van der Waals surface area contributed by atoms with E-state index in [1.54, 1.807) is 14.2 Å². The normalized spacial score (nSPS) is 16.1. The van der Waals surface area contributed by atoms with E-state index in [1.165, 1.54) is 0 Å². The van der Waals surface area contributed by atoms with Crippen molar-refractivity contribution >= 4 is 0 Å². The number of hydrogen-bond donors (Lipinski definition) is 1. The van der Waals surface area contributed by atoms with Gasteiger partial charge in [-0.15, -0.1) is 0 Å². The topological polar surface area (TPSA) is 77.5 Å². The molecule has 0 saturated heterocycles. The largest absolute Gasteiger partial charge is 0.497 e. The Bertz CT molecular complexity index is 821. The predicted molar refractivity (Wildman–Crippen MR) is 85.3 cm³/mol. The fraction of sp³-hybridized carbons (Fsp3) is 0.167. The molecule has 2 N–H and O–H groups in total. The van der Waals surface area contributed by atoms with Crippen LogP contribution in [-0.4, -0.2) is 14.2 Å². The Hall–Kier alpha value is -3.13. The number of para-hydroxylation sites is 1. The van der Waals surface area contributed by atoms with E-state index in [4.69, 9.17) is 19.9 Å². The minimum absolute atomic E-state index is 0.112. The molecule has 0 saturated carbocycles. The zero-order valence-corrected chi connectivity index (χ0v) is 12.9. The van der Waals surface area contributed by atoms with Crippen LogP contribution in [0.1, 0.15) is 17.0 Å². The number of nitrogens with zero attached hydrogens (tertiary/aromatic N) is 1. The molecule has 1 heterocycles. The lowest BCUT2D eigenvalue weighted by atomic mass is 9.83. The Morgan fingerprint density at radius 2 is 1.87 bits per heavy atom. The fourth-order valence-corrected chi connectivity index (χ4v) is 2.79. The van der Waals surface area contributed by atoms with Crippen molar-refractivity contribution in [2.75, 3.05) is 14.2 Å². The van der Waals surface area contributed by atoms with Gasteiger partial charge in [0.05, 0.1) is 20.1 Å². The second kappa shape index (κ2) is 5.93. The average Bonchev–Trinajstić information content (AvgIpc) is 2.59. The Kier molecular flexibility index (Phi) is 3.82. The second-order valence-electron chi connectivity index (χ2n) is 5.07. The van der Waals surface area contributed by atoms with Gasteiger partial charge in [0, 0.05) is 11.1 Å². The molecule has 116 valence electrons. The van der Waals surface area contributed by atoms with Crippen LogP contribution in [0.4, 0.5) is 0 Å². The smallest absolute Gasteiger partial charge is 0.205 e. The number of methoxy groups -OCH3 is 2. The quantitative estimate of drug-likeness (QED) is 0.943. The van der Waals surface area contributed by atoms with Crippen LogP contribution in [-0.2, 0) is 0 Å². The van der Waals surface area contributed by atoms with Crippen LogP contribution in [0.5, 0.6) is 17.2 Å². The van der Waals surface area contributed by atoms with Gasteiger partial charge in [-0.3, -0.25) is 0 Å². The number of nitriles is 1. The van der Waals surface area contributed by atoms with Crippen LogP contribution in [0.3, 0.4) is 0 Å². The molecule has 0 radical (unpaired) electrons. The summed E-state index contributed by atoms with van der Waals surface area (Å²) in [5.41, 5.74) is 7.99. The summed E-state index contributed by atoms with van der Waals surface area (Å²) >= 11 is 0. The average molecular weight is 308 g/mol. The molecule has 0 fully saturated rings. The predicted octanol–water partition coefficient (Wildman–Crippen LogP) is 2.92. The van der Waals surface area contributed by atoms with E-state index in [0.717, 1.165) is 11.1 Å². The van der Waals surface area contributed by atoms with Crippen LogP contribution in [0, 0.1) is 11.3 Å². The molecule has 0 spiro atoms. The van der Waals surface area contributed by atoms with Gasteiger partial charge in [-0.1, -0.05) is 18.2 Å². The third kappa shape index (κ3) is 2.44. The number of allylic oxidation sites excluding steroid dienone is 1. The Balaban J connectivity index is 2.27. The number of hydrogen-bond acceptors (Lipinski definition) is 5. The SMILES string of the molecule is COc1ccc(OC)c([C@H]2C(C#N)=C(N)Oc3ccccc32)c1. The molecule has 3 rings (SSSR count). The Morgan fingerprint density at radius 3 is 2.57 bits per heavy atom. The third-order valence-electron chi connectivity index (χ3n) is 3.87. The third-order valence-corrected chi connectivity index (χ3v) is 3.87. The van der Waals surface area contributed by atoms with Crippen LogP contribution in [0.2, 0.25) is 0 Å². The molecule has 0 aromatic heterocycles. The lowest BCUT2D eigenvalue weighted by Gasteiger charge is -2.27. The number of rotatable bonds is 3. The number of benzene rings is 2. The first-order valence-corrected chi connectivity index (χ1v) is 7.08. The summed E-state index contributed by atoms with van der Waals surface area (Å²) in [4.78, 5) is 0. The molecule has 0 unspecified atom stereocenters. The van der Waals surface area contributed by atoms with Crippen LogP contribution in [0.15, 0.2) is 53.9 Å². The van der Waals surface area contributed by atoms with Gasteiger partial charge < -0.3 is 19.9 Å². The molecule has 1 atom stereocenters. The van der Waals surface area contributed by atoms with Gasteiger partial charge in [0.2, 0.25) is 5.88 Å². The van der Waals surface area contributed by atoms with Crippen LogP contribution in [0.25, 0.3) is 0 Å². The van der Waals surface area contributed by atoms with Crippen molar-refractivity contribution < 1.29 is 14.2 Å². The second-order valence-corrected chi connectivity index (χ2v) is 5.07. The summed E-state index contributed by atoms with van der Waals surface area (Å²) < 4.78 is 16.4. The van der Waals surface area contributed by atoms with E-state index in [1.807, 2.05) is 42.5 Å². The summed E-state index contributed by atoms with van der Waals surface area (Å²) in [7, 11) is 3.19. The number of fused-ring (bicyclic) bond motifs is 1. The van der Waals surface area contributed by atoms with Gasteiger partial charge >= 0.3 is 0 Å². The summed E-state index contributed by atoms with van der Waals surface area (Å²) in [6.07, 6.45) is 0. The lowest BCUT2D eigenvalue weighted by Crippen LogP contribution is -2.21. The zero-order valence-electron chi connectivity index (χ0n) is 12.9. The molecule has 1 aliphatic heterocycles. The van der Waals surface area contributed by atoms with Crippen LogP contribution >= 0.6 is 0 Å². The maximum absolute atomic E-state index is 9.57. The minimum atomic E-state index is -0.366. The van der Waals surface area contributed by atoms with Crippen molar-refractivity contribution in [2.24, 2.45) is 5.73 Å². The molecular formula is C18H16N2O3. The maximum atomic E-state index is 9.57. The van der Waals surface area contributed by atoms with Gasteiger partial charge in [0.25, 0.3) is 0 Å². The van der Waals surface area contributed by atoms with E-state index in [0.29, 0.717) is 22.8 Å². The Morgan fingerprint density at radius 1 is 1.09 bits per heavy atom.